The van der Waals surface area contributed by atoms with Gasteiger partial charge >= 0.3 is 6.01 Å². The number of aromatic nitrogens is 3. The quantitative estimate of drug-likeness (QED) is 0.528. The Hall–Kier alpha value is -3.06. The van der Waals surface area contributed by atoms with E-state index in [1.807, 2.05) is 13.8 Å². The molecule has 1 saturated heterocycles. The van der Waals surface area contributed by atoms with Crippen LogP contribution < -0.4 is 0 Å². The van der Waals surface area contributed by atoms with E-state index >= 15 is 0 Å². The number of rotatable bonds is 6. The first-order chi connectivity index (χ1) is 15.3. The number of nitrogens with zero attached hydrogens (tertiary/aromatic N) is 4. The van der Waals surface area contributed by atoms with E-state index in [1.165, 1.54) is 24.5 Å². The number of phenolic OH excluding ortho intramolecular Hbond substituents is 2. The summed E-state index contributed by atoms with van der Waals surface area (Å²) >= 11 is 0. The highest BCUT2D eigenvalue weighted by atomic mass is 16.3. The standard InChI is InChI=1S/C25H32N4O3/c1-16(2)20-12-21(23(31)13-22(20)30)24-26-27-25(32)29(24)15-19-6-4-18(5-7-19)14-28-10-8-17(3)9-11-28/h4-7,12-13,16-17,30-31H,8-11,14-15H2,1-3H3,(H,27,32). The first-order valence-electron chi connectivity index (χ1n) is 11.3. The lowest BCUT2D eigenvalue weighted by atomic mass is 9.98. The van der Waals surface area contributed by atoms with Crippen LogP contribution in [0, 0.1) is 5.92 Å². The van der Waals surface area contributed by atoms with E-state index in [-0.39, 0.29) is 23.4 Å². The molecule has 1 aliphatic heterocycles. The van der Waals surface area contributed by atoms with Crippen LogP contribution in [0.25, 0.3) is 11.4 Å². The van der Waals surface area contributed by atoms with Gasteiger partial charge < -0.3 is 15.3 Å². The second-order valence-corrected chi connectivity index (χ2v) is 9.27. The molecule has 0 spiro atoms. The largest absolute Gasteiger partial charge is 0.508 e. The van der Waals surface area contributed by atoms with Gasteiger partial charge in [-0.3, -0.25) is 9.47 Å². The second kappa shape index (κ2) is 9.20. The van der Waals surface area contributed by atoms with Gasteiger partial charge in [-0.25, -0.2) is 0 Å². The van der Waals surface area contributed by atoms with E-state index in [9.17, 15) is 15.3 Å². The normalized spacial score (nSPS) is 15.5. The second-order valence-electron chi connectivity index (χ2n) is 9.27. The van der Waals surface area contributed by atoms with Crippen LogP contribution in [0.2, 0.25) is 0 Å². The molecular formula is C25H32N4O3. The number of likely N-dealkylation sites (tertiary alicyclic amines) is 1. The molecule has 0 saturated carbocycles. The first-order valence-corrected chi connectivity index (χ1v) is 11.3. The number of aromatic hydroxyl groups is 3. The predicted molar refractivity (Wildman–Crippen MR) is 124 cm³/mol. The average molecular weight is 437 g/mol. The molecule has 1 aromatic heterocycles. The highest BCUT2D eigenvalue weighted by Crippen LogP contribution is 2.38. The van der Waals surface area contributed by atoms with Crippen LogP contribution in [0.15, 0.2) is 36.4 Å². The highest BCUT2D eigenvalue weighted by Gasteiger charge is 2.20. The molecule has 7 heteroatoms. The number of hydrogen-bond acceptors (Lipinski definition) is 6. The molecular weight excluding hydrogens is 404 g/mol. The van der Waals surface area contributed by atoms with Crippen LogP contribution in [-0.2, 0) is 13.1 Å². The van der Waals surface area contributed by atoms with E-state index in [2.05, 4.69) is 46.3 Å². The van der Waals surface area contributed by atoms with Crippen LogP contribution in [0.5, 0.6) is 17.5 Å². The lowest BCUT2D eigenvalue weighted by Gasteiger charge is -2.30. The Morgan fingerprint density at radius 2 is 1.53 bits per heavy atom. The van der Waals surface area contributed by atoms with E-state index in [1.54, 1.807) is 10.6 Å². The summed E-state index contributed by atoms with van der Waals surface area (Å²) in [6.45, 7) is 9.86. The smallest absolute Gasteiger partial charge is 0.315 e. The van der Waals surface area contributed by atoms with Crippen molar-refractivity contribution in [2.45, 2.75) is 52.6 Å². The Morgan fingerprint density at radius 3 is 2.16 bits per heavy atom. The minimum absolute atomic E-state index is 0.0373. The number of piperidine rings is 1. The van der Waals surface area contributed by atoms with Crippen LogP contribution in [-0.4, -0.2) is 48.1 Å². The maximum absolute atomic E-state index is 10.4. The van der Waals surface area contributed by atoms with Gasteiger partial charge in [0.2, 0.25) is 0 Å². The third kappa shape index (κ3) is 4.72. The average Bonchev–Trinajstić information content (AvgIpc) is 3.11. The molecule has 170 valence electrons. The molecule has 1 aliphatic rings. The monoisotopic (exact) mass is 436 g/mol. The van der Waals surface area contributed by atoms with Crippen LogP contribution in [0.3, 0.4) is 0 Å². The molecule has 2 heterocycles. The maximum atomic E-state index is 10.4. The van der Waals surface area contributed by atoms with Crippen molar-refractivity contribution in [2.75, 3.05) is 13.1 Å². The molecule has 0 amide bonds. The first kappa shape index (κ1) is 22.1. The Morgan fingerprint density at radius 1 is 0.906 bits per heavy atom. The van der Waals surface area contributed by atoms with Crippen molar-refractivity contribution in [1.29, 1.82) is 0 Å². The summed E-state index contributed by atoms with van der Waals surface area (Å²) in [6, 6.07) is 11.2. The van der Waals surface area contributed by atoms with Crippen LogP contribution in [0.1, 0.15) is 56.2 Å². The summed E-state index contributed by atoms with van der Waals surface area (Å²) in [6.07, 6.45) is 2.52. The van der Waals surface area contributed by atoms with Gasteiger partial charge in [-0.2, -0.15) is 0 Å². The summed E-state index contributed by atoms with van der Waals surface area (Å²) < 4.78 is 1.57. The van der Waals surface area contributed by atoms with E-state index < -0.39 is 0 Å². The molecule has 0 aliphatic carbocycles. The van der Waals surface area contributed by atoms with Crippen molar-refractivity contribution < 1.29 is 15.3 Å². The van der Waals surface area contributed by atoms with Crippen molar-refractivity contribution in [3.63, 3.8) is 0 Å². The van der Waals surface area contributed by atoms with Gasteiger partial charge in [-0.1, -0.05) is 50.1 Å². The third-order valence-corrected chi connectivity index (χ3v) is 6.39. The molecule has 0 unspecified atom stereocenters. The van der Waals surface area contributed by atoms with Gasteiger partial charge in [0.15, 0.2) is 5.82 Å². The highest BCUT2D eigenvalue weighted by molar-refractivity contribution is 5.68. The number of hydrogen-bond donors (Lipinski definition) is 3. The number of phenols is 2. The zero-order valence-corrected chi connectivity index (χ0v) is 19.0. The minimum atomic E-state index is -0.218. The van der Waals surface area contributed by atoms with Gasteiger partial charge in [-0.15, -0.1) is 5.10 Å². The molecule has 3 aromatic rings. The third-order valence-electron chi connectivity index (χ3n) is 6.39. The summed E-state index contributed by atoms with van der Waals surface area (Å²) in [5, 5.41) is 38.8. The molecule has 1 fully saturated rings. The molecule has 7 nitrogen and oxygen atoms in total. The van der Waals surface area contributed by atoms with E-state index in [0.717, 1.165) is 31.1 Å². The summed E-state index contributed by atoms with van der Waals surface area (Å²) in [4.78, 5) is 2.50. The summed E-state index contributed by atoms with van der Waals surface area (Å²) in [5.74, 6) is 1.18. The zero-order chi connectivity index (χ0) is 22.8. The molecule has 2 aromatic carbocycles. The van der Waals surface area contributed by atoms with Crippen molar-refractivity contribution in [2.24, 2.45) is 5.92 Å². The van der Waals surface area contributed by atoms with Gasteiger partial charge in [0.1, 0.15) is 11.5 Å². The maximum Gasteiger partial charge on any atom is 0.315 e. The van der Waals surface area contributed by atoms with Gasteiger partial charge in [-0.05, 0) is 60.5 Å². The van der Waals surface area contributed by atoms with E-state index in [0.29, 0.717) is 23.5 Å². The Kier molecular flexibility index (Phi) is 6.37. The van der Waals surface area contributed by atoms with E-state index in [4.69, 9.17) is 0 Å². The summed E-state index contributed by atoms with van der Waals surface area (Å²) in [5.41, 5.74) is 3.40. The fourth-order valence-corrected chi connectivity index (χ4v) is 4.29. The van der Waals surface area contributed by atoms with Gasteiger partial charge in [0.05, 0.1) is 12.1 Å². The Labute approximate surface area is 189 Å². The Bertz CT molecular complexity index is 1070. The molecule has 0 radical (unpaired) electrons. The van der Waals surface area contributed by atoms with Crippen molar-refractivity contribution in [3.8, 4) is 28.9 Å². The van der Waals surface area contributed by atoms with Crippen molar-refractivity contribution >= 4 is 0 Å². The molecule has 0 bridgehead atoms. The van der Waals surface area contributed by atoms with Crippen molar-refractivity contribution in [1.82, 2.24) is 19.7 Å². The minimum Gasteiger partial charge on any atom is -0.508 e. The molecule has 0 atom stereocenters. The summed E-state index contributed by atoms with van der Waals surface area (Å²) in [7, 11) is 0. The Balaban J connectivity index is 1.54. The predicted octanol–water partition coefficient (Wildman–Crippen LogP) is 4.47. The van der Waals surface area contributed by atoms with Crippen LogP contribution in [0.4, 0.5) is 0 Å². The van der Waals surface area contributed by atoms with Crippen LogP contribution >= 0.6 is 0 Å². The van der Waals surface area contributed by atoms with Gasteiger partial charge in [0.25, 0.3) is 0 Å². The fraction of sp³-hybridized carbons (Fsp3) is 0.440. The molecule has 3 N–H and O–H groups in total. The number of benzene rings is 2. The fourth-order valence-electron chi connectivity index (χ4n) is 4.29. The lowest BCUT2D eigenvalue weighted by molar-refractivity contribution is 0.185. The molecule has 32 heavy (non-hydrogen) atoms. The molecule has 4 rings (SSSR count). The lowest BCUT2D eigenvalue weighted by Crippen LogP contribution is -2.32. The van der Waals surface area contributed by atoms with Crippen molar-refractivity contribution in [3.05, 3.63) is 53.1 Å². The zero-order valence-electron chi connectivity index (χ0n) is 19.0. The van der Waals surface area contributed by atoms with Gasteiger partial charge in [0, 0.05) is 12.6 Å². The topological polar surface area (TPSA) is 94.6 Å². The SMILES string of the molecule is CC1CCN(Cc2ccc(Cn3c(O)nnc3-c3cc(C(C)C)c(O)cc3O)cc2)CC1.